The third-order valence-corrected chi connectivity index (χ3v) is 4.27. The minimum Gasteiger partial charge on any atom is -0.355 e. The molecule has 1 fully saturated rings. The zero-order valence-corrected chi connectivity index (χ0v) is 14.0. The van der Waals surface area contributed by atoms with Crippen LogP contribution < -0.4 is 10.6 Å². The molecule has 0 unspecified atom stereocenters. The van der Waals surface area contributed by atoms with Gasteiger partial charge in [0.2, 0.25) is 11.8 Å². The van der Waals surface area contributed by atoms with E-state index in [2.05, 4.69) is 24.5 Å². The number of carbonyl (C=O) groups excluding carboxylic acids is 2. The number of amides is 2. The number of hydrogen-bond acceptors (Lipinski definition) is 2. The van der Waals surface area contributed by atoms with Gasteiger partial charge in [-0.1, -0.05) is 26.0 Å². The molecule has 0 aliphatic heterocycles. The largest absolute Gasteiger partial charge is 0.355 e. The Morgan fingerprint density at radius 3 is 2.45 bits per heavy atom. The molecule has 120 valence electrons. The Balaban J connectivity index is 1.99. The highest BCUT2D eigenvalue weighted by molar-refractivity contribution is 6.13. The van der Waals surface area contributed by atoms with Gasteiger partial charge in [0.25, 0.3) is 0 Å². The maximum Gasteiger partial charge on any atom is 0.240 e. The molecule has 0 spiro atoms. The highest BCUT2D eigenvalue weighted by Gasteiger charge is 2.56. The minimum absolute atomic E-state index is 0.129. The quantitative estimate of drug-likeness (QED) is 0.793. The van der Waals surface area contributed by atoms with E-state index in [0.717, 1.165) is 23.2 Å². The highest BCUT2D eigenvalue weighted by atomic mass is 16.2. The fraction of sp³-hybridized carbons (Fsp3) is 0.556. The zero-order chi connectivity index (χ0) is 16.3. The zero-order valence-electron chi connectivity index (χ0n) is 14.0. The van der Waals surface area contributed by atoms with Crippen LogP contribution in [0, 0.1) is 25.2 Å². The predicted molar refractivity (Wildman–Crippen MR) is 88.7 cm³/mol. The molecule has 1 aromatic carbocycles. The summed E-state index contributed by atoms with van der Waals surface area (Å²) in [5.74, 6) is 0.235. The lowest BCUT2D eigenvalue weighted by atomic mass is 10.0. The SMILES string of the molecule is Cc1ccc(C)c(NC(=O)C2(C(=O)NCCC(C)C)CC2)c1. The molecule has 1 aromatic rings. The van der Waals surface area contributed by atoms with Gasteiger partial charge in [-0.15, -0.1) is 0 Å². The third-order valence-electron chi connectivity index (χ3n) is 4.27. The van der Waals surface area contributed by atoms with Crippen LogP contribution in [0.5, 0.6) is 0 Å². The van der Waals surface area contributed by atoms with Crippen molar-refractivity contribution in [3.8, 4) is 0 Å². The minimum atomic E-state index is -0.854. The summed E-state index contributed by atoms with van der Waals surface area (Å²) in [4.78, 5) is 24.8. The first-order valence-electron chi connectivity index (χ1n) is 8.02. The van der Waals surface area contributed by atoms with Crippen LogP contribution in [0.25, 0.3) is 0 Å². The summed E-state index contributed by atoms with van der Waals surface area (Å²) in [6, 6.07) is 5.93. The van der Waals surface area contributed by atoms with Crippen LogP contribution in [0.15, 0.2) is 18.2 Å². The Labute approximate surface area is 132 Å². The Kier molecular flexibility index (Phi) is 4.89. The van der Waals surface area contributed by atoms with Crippen LogP contribution in [0.1, 0.15) is 44.2 Å². The molecule has 1 aliphatic rings. The molecule has 2 amide bonds. The normalized spacial score (nSPS) is 15.5. The molecule has 22 heavy (non-hydrogen) atoms. The molecular weight excluding hydrogens is 276 g/mol. The van der Waals surface area contributed by atoms with Crippen molar-refractivity contribution >= 4 is 17.5 Å². The van der Waals surface area contributed by atoms with Crippen molar-refractivity contribution in [1.29, 1.82) is 0 Å². The lowest BCUT2D eigenvalue weighted by Gasteiger charge is -2.17. The number of carbonyl (C=O) groups is 2. The van der Waals surface area contributed by atoms with E-state index in [4.69, 9.17) is 0 Å². The summed E-state index contributed by atoms with van der Waals surface area (Å²) in [5.41, 5.74) is 2.04. The molecule has 0 radical (unpaired) electrons. The van der Waals surface area contributed by atoms with Crippen molar-refractivity contribution in [2.24, 2.45) is 11.3 Å². The lowest BCUT2D eigenvalue weighted by molar-refractivity contribution is -0.134. The first-order chi connectivity index (χ1) is 10.3. The molecule has 2 rings (SSSR count). The monoisotopic (exact) mass is 302 g/mol. The van der Waals surface area contributed by atoms with Crippen molar-refractivity contribution in [1.82, 2.24) is 5.32 Å². The van der Waals surface area contributed by atoms with Gasteiger partial charge in [-0.25, -0.2) is 0 Å². The van der Waals surface area contributed by atoms with E-state index >= 15 is 0 Å². The van der Waals surface area contributed by atoms with Gasteiger partial charge in [0.05, 0.1) is 0 Å². The van der Waals surface area contributed by atoms with E-state index in [1.54, 1.807) is 0 Å². The van der Waals surface area contributed by atoms with Gasteiger partial charge in [-0.05, 0) is 56.2 Å². The fourth-order valence-corrected chi connectivity index (χ4v) is 2.44. The maximum absolute atomic E-state index is 12.5. The number of anilines is 1. The summed E-state index contributed by atoms with van der Waals surface area (Å²) in [5, 5.41) is 5.84. The summed E-state index contributed by atoms with van der Waals surface area (Å²) in [6.07, 6.45) is 2.20. The topological polar surface area (TPSA) is 58.2 Å². The Hall–Kier alpha value is -1.84. The fourth-order valence-electron chi connectivity index (χ4n) is 2.44. The second kappa shape index (κ2) is 6.51. The first-order valence-corrected chi connectivity index (χ1v) is 8.02. The van der Waals surface area contributed by atoms with E-state index in [-0.39, 0.29) is 11.8 Å². The summed E-state index contributed by atoms with van der Waals surface area (Å²) in [6.45, 7) is 8.81. The van der Waals surface area contributed by atoms with Crippen LogP contribution in [-0.2, 0) is 9.59 Å². The first kappa shape index (κ1) is 16.5. The molecule has 4 nitrogen and oxygen atoms in total. The van der Waals surface area contributed by atoms with E-state index in [0.29, 0.717) is 25.3 Å². The van der Waals surface area contributed by atoms with Crippen LogP contribution in [0.2, 0.25) is 0 Å². The number of hydrogen-bond donors (Lipinski definition) is 2. The number of rotatable bonds is 6. The summed E-state index contributed by atoms with van der Waals surface area (Å²) < 4.78 is 0. The maximum atomic E-state index is 12.5. The number of nitrogens with one attached hydrogen (secondary N) is 2. The summed E-state index contributed by atoms with van der Waals surface area (Å²) in [7, 11) is 0. The second-order valence-electron chi connectivity index (χ2n) is 6.79. The van der Waals surface area contributed by atoms with E-state index < -0.39 is 5.41 Å². The Morgan fingerprint density at radius 1 is 1.18 bits per heavy atom. The number of benzene rings is 1. The average Bonchev–Trinajstić information content (AvgIpc) is 3.24. The smallest absolute Gasteiger partial charge is 0.240 e. The van der Waals surface area contributed by atoms with Gasteiger partial charge in [-0.2, -0.15) is 0 Å². The second-order valence-corrected chi connectivity index (χ2v) is 6.79. The highest BCUT2D eigenvalue weighted by Crippen LogP contribution is 2.47. The van der Waals surface area contributed by atoms with Gasteiger partial charge in [0.1, 0.15) is 5.41 Å². The van der Waals surface area contributed by atoms with Crippen molar-refractivity contribution < 1.29 is 9.59 Å². The van der Waals surface area contributed by atoms with Crippen molar-refractivity contribution in [3.63, 3.8) is 0 Å². The van der Waals surface area contributed by atoms with Gasteiger partial charge in [-0.3, -0.25) is 9.59 Å². The van der Waals surface area contributed by atoms with Gasteiger partial charge < -0.3 is 10.6 Å². The van der Waals surface area contributed by atoms with Crippen molar-refractivity contribution in [3.05, 3.63) is 29.3 Å². The standard InChI is InChI=1S/C18H26N2O2/c1-12(2)7-10-19-16(21)18(8-9-18)17(22)20-15-11-13(3)5-6-14(15)4/h5-6,11-12H,7-10H2,1-4H3,(H,19,21)(H,20,22). The van der Waals surface area contributed by atoms with Crippen molar-refractivity contribution in [2.75, 3.05) is 11.9 Å². The summed E-state index contributed by atoms with van der Waals surface area (Å²) >= 11 is 0. The molecule has 0 atom stereocenters. The molecule has 0 aromatic heterocycles. The Morgan fingerprint density at radius 2 is 1.86 bits per heavy atom. The van der Waals surface area contributed by atoms with Gasteiger partial charge in [0, 0.05) is 12.2 Å². The molecule has 4 heteroatoms. The molecule has 0 saturated heterocycles. The Bertz CT molecular complexity index is 574. The van der Waals surface area contributed by atoms with E-state index in [1.165, 1.54) is 0 Å². The van der Waals surface area contributed by atoms with E-state index in [1.807, 2.05) is 32.0 Å². The van der Waals surface area contributed by atoms with Crippen molar-refractivity contribution in [2.45, 2.75) is 47.0 Å². The molecule has 0 bridgehead atoms. The van der Waals surface area contributed by atoms with Crippen LogP contribution in [-0.4, -0.2) is 18.4 Å². The predicted octanol–water partition coefficient (Wildman–Crippen LogP) is 3.18. The van der Waals surface area contributed by atoms with Crippen LogP contribution in [0.3, 0.4) is 0 Å². The van der Waals surface area contributed by atoms with E-state index in [9.17, 15) is 9.59 Å². The third kappa shape index (κ3) is 3.67. The van der Waals surface area contributed by atoms with Gasteiger partial charge in [0.15, 0.2) is 0 Å². The van der Waals surface area contributed by atoms with Crippen LogP contribution >= 0.6 is 0 Å². The van der Waals surface area contributed by atoms with Crippen LogP contribution in [0.4, 0.5) is 5.69 Å². The molecule has 2 N–H and O–H groups in total. The molecule has 0 heterocycles. The number of aryl methyl sites for hydroxylation is 2. The lowest BCUT2D eigenvalue weighted by Crippen LogP contribution is -2.40. The molecule has 1 saturated carbocycles. The molecule has 1 aliphatic carbocycles. The molecular formula is C18H26N2O2. The average molecular weight is 302 g/mol. The van der Waals surface area contributed by atoms with Gasteiger partial charge >= 0.3 is 0 Å².